The predicted octanol–water partition coefficient (Wildman–Crippen LogP) is -3.75. The van der Waals surface area contributed by atoms with Crippen LogP contribution in [0.3, 0.4) is 0 Å². The number of aromatic amines is 2. The lowest BCUT2D eigenvalue weighted by molar-refractivity contribution is -0.144. The molecule has 0 aromatic carbocycles. The van der Waals surface area contributed by atoms with Gasteiger partial charge in [0.25, 0.3) is 0 Å². The summed E-state index contributed by atoms with van der Waals surface area (Å²) >= 11 is 0. The third-order valence-electron chi connectivity index (χ3n) is 4.75. The molecule has 4 atom stereocenters. The van der Waals surface area contributed by atoms with Crippen molar-refractivity contribution in [2.24, 2.45) is 5.73 Å². The van der Waals surface area contributed by atoms with Gasteiger partial charge in [0, 0.05) is 36.6 Å². The van der Waals surface area contributed by atoms with Crippen molar-refractivity contribution < 1.29 is 39.3 Å². The summed E-state index contributed by atoms with van der Waals surface area (Å²) in [6.45, 7) is -0.905. The minimum absolute atomic E-state index is 0.0375. The van der Waals surface area contributed by atoms with E-state index >= 15 is 0 Å². The highest BCUT2D eigenvalue weighted by Gasteiger charge is 2.31. The molecule has 0 bridgehead atoms. The van der Waals surface area contributed by atoms with E-state index in [4.69, 9.17) is 15.9 Å². The van der Waals surface area contributed by atoms with Gasteiger partial charge in [-0.1, -0.05) is 0 Å². The van der Waals surface area contributed by atoms with Crippen molar-refractivity contribution in [2.75, 3.05) is 6.61 Å². The molecule has 190 valence electrons. The van der Waals surface area contributed by atoms with E-state index in [0.717, 1.165) is 0 Å². The molecule has 16 nitrogen and oxygen atoms in total. The molecule has 4 unspecified atom stereocenters. The van der Waals surface area contributed by atoms with Crippen molar-refractivity contribution in [1.82, 2.24) is 35.9 Å². The number of hydrogen-bond donors (Lipinski definition) is 9. The van der Waals surface area contributed by atoms with Gasteiger partial charge >= 0.3 is 11.9 Å². The molecule has 0 fully saturated rings. The minimum Gasteiger partial charge on any atom is -0.481 e. The van der Waals surface area contributed by atoms with E-state index in [9.17, 15) is 29.1 Å². The fourth-order valence-electron chi connectivity index (χ4n) is 2.94. The number of carbonyl (C=O) groups excluding carboxylic acids is 3. The Balaban J connectivity index is 2.14. The Hall–Kier alpha value is -4.31. The number of H-pyrrole nitrogens is 2. The van der Waals surface area contributed by atoms with Crippen LogP contribution in [0.2, 0.25) is 0 Å². The van der Waals surface area contributed by atoms with Gasteiger partial charge in [-0.05, 0) is 0 Å². The van der Waals surface area contributed by atoms with E-state index in [-0.39, 0.29) is 12.8 Å². The number of aliphatic hydroxyl groups is 1. The highest BCUT2D eigenvalue weighted by Crippen LogP contribution is 2.04. The van der Waals surface area contributed by atoms with Crippen LogP contribution in [0.25, 0.3) is 0 Å². The van der Waals surface area contributed by atoms with Gasteiger partial charge in [0.1, 0.15) is 18.1 Å². The largest absolute Gasteiger partial charge is 0.481 e. The second kappa shape index (κ2) is 12.8. The third-order valence-corrected chi connectivity index (χ3v) is 4.75. The molecule has 0 aliphatic rings. The maximum Gasteiger partial charge on any atom is 0.328 e. The molecule has 35 heavy (non-hydrogen) atoms. The summed E-state index contributed by atoms with van der Waals surface area (Å²) in [6.07, 6.45) is 4.55. The lowest BCUT2D eigenvalue weighted by Gasteiger charge is -2.24. The van der Waals surface area contributed by atoms with Gasteiger partial charge in [0.15, 0.2) is 0 Å². The Morgan fingerprint density at radius 3 is 1.83 bits per heavy atom. The Labute approximate surface area is 197 Å². The molecule has 16 heteroatoms. The molecule has 2 aromatic rings. The lowest BCUT2D eigenvalue weighted by atomic mass is 10.1. The minimum atomic E-state index is -1.64. The van der Waals surface area contributed by atoms with E-state index in [2.05, 4.69) is 35.9 Å². The molecule has 2 rings (SSSR count). The van der Waals surface area contributed by atoms with Crippen LogP contribution in [0, 0.1) is 0 Å². The van der Waals surface area contributed by atoms with Gasteiger partial charge in [-0.2, -0.15) is 0 Å². The van der Waals surface area contributed by atoms with Crippen molar-refractivity contribution in [3.63, 3.8) is 0 Å². The average molecular weight is 494 g/mol. The summed E-state index contributed by atoms with van der Waals surface area (Å²) in [7, 11) is 0. The van der Waals surface area contributed by atoms with Crippen molar-refractivity contribution in [2.45, 2.75) is 43.4 Å². The Bertz CT molecular complexity index is 1010. The summed E-state index contributed by atoms with van der Waals surface area (Å²) in [6, 6.07) is -5.77. The molecule has 2 heterocycles. The molecule has 0 aliphatic heterocycles. The number of aliphatic carboxylic acids is 2. The summed E-state index contributed by atoms with van der Waals surface area (Å²) in [5.41, 5.74) is 6.76. The predicted molar refractivity (Wildman–Crippen MR) is 115 cm³/mol. The number of aromatic nitrogens is 4. The maximum absolute atomic E-state index is 12.9. The van der Waals surface area contributed by atoms with E-state index in [1.54, 1.807) is 0 Å². The van der Waals surface area contributed by atoms with Gasteiger partial charge in [-0.25, -0.2) is 14.8 Å². The molecule has 10 N–H and O–H groups in total. The zero-order valence-electron chi connectivity index (χ0n) is 18.3. The zero-order valence-corrected chi connectivity index (χ0v) is 18.3. The van der Waals surface area contributed by atoms with Crippen LogP contribution in [0.4, 0.5) is 0 Å². The monoisotopic (exact) mass is 494 g/mol. The molecule has 0 spiro atoms. The van der Waals surface area contributed by atoms with Crippen molar-refractivity contribution in [3.8, 4) is 0 Å². The van der Waals surface area contributed by atoms with Crippen LogP contribution in [-0.2, 0) is 36.8 Å². The second-order valence-electron chi connectivity index (χ2n) is 7.47. The summed E-state index contributed by atoms with van der Waals surface area (Å²) in [5, 5.41) is 34.1. The number of carbonyl (C=O) groups is 5. The molecule has 3 amide bonds. The smallest absolute Gasteiger partial charge is 0.328 e. The van der Waals surface area contributed by atoms with Gasteiger partial charge in [-0.3, -0.25) is 19.2 Å². The normalized spacial score (nSPS) is 14.2. The van der Waals surface area contributed by atoms with Gasteiger partial charge in [0.2, 0.25) is 17.7 Å². The number of hydrogen-bond acceptors (Lipinski definition) is 9. The number of nitrogens with zero attached hydrogens (tertiary/aromatic N) is 2. The summed E-state index contributed by atoms with van der Waals surface area (Å²) < 4.78 is 0. The van der Waals surface area contributed by atoms with E-state index in [1.807, 2.05) is 0 Å². The first kappa shape index (κ1) is 26.9. The van der Waals surface area contributed by atoms with Crippen LogP contribution in [0.1, 0.15) is 17.8 Å². The number of imidazole rings is 2. The van der Waals surface area contributed by atoms with Gasteiger partial charge in [-0.15, -0.1) is 0 Å². The van der Waals surface area contributed by atoms with E-state index in [1.165, 1.54) is 25.0 Å². The summed E-state index contributed by atoms with van der Waals surface area (Å²) in [4.78, 5) is 73.5. The quantitative estimate of drug-likeness (QED) is 0.123. The Morgan fingerprint density at radius 2 is 1.34 bits per heavy atom. The molecule has 2 aromatic heterocycles. The first-order valence-corrected chi connectivity index (χ1v) is 10.3. The van der Waals surface area contributed by atoms with Crippen molar-refractivity contribution in [3.05, 3.63) is 36.4 Å². The SMILES string of the molecule is NC(Cc1cnc[nH]1)C(=O)NC(CC(=O)O)C(=O)NC(Cc1cnc[nH]1)C(=O)NC(CO)C(=O)O. The van der Waals surface area contributed by atoms with E-state index in [0.29, 0.717) is 11.4 Å². The number of nitrogens with two attached hydrogens (primary N) is 1. The highest BCUT2D eigenvalue weighted by molar-refractivity contribution is 5.95. The molecule has 0 saturated carbocycles. The standard InChI is InChI=1S/C19H26N8O8/c20-11(1-9-4-21-7-23-9)16(31)25-13(3-15(29)30)18(33)26-12(2-10-5-22-8-24-10)17(32)27-14(6-28)19(34)35/h4-5,7-8,11-14,28H,1-3,6,20H2,(H,21,23)(H,22,24)(H,25,31)(H,26,33)(H,27,32)(H,29,30)(H,34,35). The summed E-state index contributed by atoms with van der Waals surface area (Å²) in [5.74, 6) is -5.72. The van der Waals surface area contributed by atoms with Crippen LogP contribution in [0.15, 0.2) is 25.0 Å². The number of carboxylic acid groups (broad SMARTS) is 2. The molecule has 0 aliphatic carbocycles. The zero-order chi connectivity index (χ0) is 26.0. The molecule has 0 saturated heterocycles. The number of rotatable bonds is 14. The first-order valence-electron chi connectivity index (χ1n) is 10.3. The second-order valence-corrected chi connectivity index (χ2v) is 7.47. The van der Waals surface area contributed by atoms with Crippen LogP contribution >= 0.6 is 0 Å². The lowest BCUT2D eigenvalue weighted by Crippen LogP contribution is -2.58. The molecule has 0 radical (unpaired) electrons. The number of aliphatic hydroxyl groups excluding tert-OH is 1. The fraction of sp³-hybridized carbons (Fsp3) is 0.421. The molecular formula is C19H26N8O8. The van der Waals surface area contributed by atoms with Crippen molar-refractivity contribution in [1.29, 1.82) is 0 Å². The topological polar surface area (TPSA) is 266 Å². The number of nitrogens with one attached hydrogen (secondary N) is 5. The van der Waals surface area contributed by atoms with Crippen LogP contribution in [0.5, 0.6) is 0 Å². The Morgan fingerprint density at radius 1 is 0.829 bits per heavy atom. The molecular weight excluding hydrogens is 468 g/mol. The number of carboxylic acids is 2. The van der Waals surface area contributed by atoms with E-state index < -0.39 is 66.9 Å². The van der Waals surface area contributed by atoms with Crippen LogP contribution < -0.4 is 21.7 Å². The number of amides is 3. The van der Waals surface area contributed by atoms with Gasteiger partial charge in [0.05, 0.1) is 31.7 Å². The van der Waals surface area contributed by atoms with Crippen LogP contribution in [-0.4, -0.2) is 95.7 Å². The average Bonchev–Trinajstić information content (AvgIpc) is 3.50. The fourth-order valence-corrected chi connectivity index (χ4v) is 2.94. The first-order chi connectivity index (χ1) is 16.6. The highest BCUT2D eigenvalue weighted by atomic mass is 16.4. The maximum atomic E-state index is 12.9. The van der Waals surface area contributed by atoms with Gasteiger partial charge < -0.3 is 47.0 Å². The van der Waals surface area contributed by atoms with Crippen molar-refractivity contribution >= 4 is 29.7 Å². The third kappa shape index (κ3) is 8.52. The Kier molecular flexibility index (Phi) is 9.85.